The Morgan fingerprint density at radius 2 is 1.69 bits per heavy atom. The Labute approximate surface area is 298 Å². The van der Waals surface area contributed by atoms with Crippen molar-refractivity contribution < 1.29 is 23.0 Å². The molecule has 49 heavy (non-hydrogen) atoms. The summed E-state index contributed by atoms with van der Waals surface area (Å²) in [5, 5.41) is 3.25. The van der Waals surface area contributed by atoms with Gasteiger partial charge in [-0.05, 0) is 60.9 Å². The fourth-order valence-corrected chi connectivity index (χ4v) is 7.00. The summed E-state index contributed by atoms with van der Waals surface area (Å²) in [4.78, 5) is 13.6. The van der Waals surface area contributed by atoms with Crippen molar-refractivity contribution in [1.82, 2.24) is 14.9 Å². The smallest absolute Gasteiger partial charge is 0.387 e. The molecule has 7 nitrogen and oxygen atoms in total. The van der Waals surface area contributed by atoms with Crippen LogP contribution in [0.5, 0.6) is 5.75 Å². The van der Waals surface area contributed by atoms with Gasteiger partial charge in [-0.15, -0.1) is 11.3 Å². The van der Waals surface area contributed by atoms with Crippen molar-refractivity contribution in [3.63, 3.8) is 0 Å². The minimum absolute atomic E-state index is 0.0457. The van der Waals surface area contributed by atoms with Gasteiger partial charge in [-0.1, -0.05) is 76.1 Å². The van der Waals surface area contributed by atoms with Gasteiger partial charge in [-0.2, -0.15) is 8.78 Å². The van der Waals surface area contributed by atoms with E-state index in [1.807, 2.05) is 24.3 Å². The first-order valence-corrected chi connectivity index (χ1v) is 17.9. The van der Waals surface area contributed by atoms with Crippen molar-refractivity contribution in [2.75, 3.05) is 44.3 Å². The van der Waals surface area contributed by atoms with E-state index in [2.05, 4.69) is 103 Å². The zero-order valence-corrected chi connectivity index (χ0v) is 29.9. The molecule has 4 heterocycles. The molecule has 0 spiro atoms. The quantitative estimate of drug-likeness (QED) is 0.157. The predicted octanol–water partition coefficient (Wildman–Crippen LogP) is 9.02. The molecular weight excluding hydrogens is 710 g/mol. The third-order valence-electron chi connectivity index (χ3n) is 8.44. The van der Waals surface area contributed by atoms with Crippen LogP contribution in [0.4, 0.5) is 14.6 Å². The Bertz CT molecular complexity index is 1780. The van der Waals surface area contributed by atoms with Crippen LogP contribution in [-0.4, -0.2) is 60.9 Å². The maximum absolute atomic E-state index is 12.2. The number of halogens is 3. The molecule has 11 heteroatoms. The Morgan fingerprint density at radius 1 is 0.918 bits per heavy atom. The molecular formula is C38H39BrF2N4O3S. The summed E-state index contributed by atoms with van der Waals surface area (Å²) in [5.74, 6) is 0.776. The van der Waals surface area contributed by atoms with E-state index < -0.39 is 6.61 Å². The molecule has 2 unspecified atom stereocenters. The number of nitrogens with zero attached hydrogens (tertiary/aromatic N) is 4. The molecule has 0 saturated carbocycles. The van der Waals surface area contributed by atoms with Gasteiger partial charge in [-0.3, -0.25) is 4.90 Å². The topological polar surface area (TPSA) is 60.0 Å². The van der Waals surface area contributed by atoms with Crippen molar-refractivity contribution in [2.45, 2.75) is 39.2 Å². The van der Waals surface area contributed by atoms with E-state index >= 15 is 0 Å². The Balaban J connectivity index is 0.000000171. The van der Waals surface area contributed by atoms with Crippen LogP contribution in [0.15, 0.2) is 101 Å². The third-order valence-corrected chi connectivity index (χ3v) is 9.91. The number of hydrogen-bond donors (Lipinski definition) is 0. The number of morpholine rings is 2. The average Bonchev–Trinajstić information content (AvgIpc) is 3.61. The van der Waals surface area contributed by atoms with E-state index in [4.69, 9.17) is 14.5 Å². The zero-order valence-electron chi connectivity index (χ0n) is 27.5. The minimum atomic E-state index is -2.84. The second-order valence-corrected chi connectivity index (χ2v) is 13.9. The lowest BCUT2D eigenvalue weighted by Gasteiger charge is -2.34. The molecule has 0 bridgehead atoms. The van der Waals surface area contributed by atoms with Crippen LogP contribution in [0, 0.1) is 13.8 Å². The molecule has 3 aromatic carbocycles. The Kier molecular flexibility index (Phi) is 12.0. The van der Waals surface area contributed by atoms with Crippen LogP contribution >= 0.6 is 27.3 Å². The lowest BCUT2D eigenvalue weighted by Crippen LogP contribution is -2.38. The van der Waals surface area contributed by atoms with E-state index in [1.54, 1.807) is 17.4 Å². The second-order valence-electron chi connectivity index (χ2n) is 12.1. The number of alkyl halides is 2. The molecule has 2 saturated heterocycles. The fraction of sp³-hybridized carbons (Fsp3) is 0.316. The highest BCUT2D eigenvalue weighted by Crippen LogP contribution is 2.32. The molecule has 5 aromatic rings. The molecule has 2 atom stereocenters. The van der Waals surface area contributed by atoms with Crippen LogP contribution in [-0.2, 0) is 16.0 Å². The van der Waals surface area contributed by atoms with Gasteiger partial charge >= 0.3 is 6.61 Å². The summed E-state index contributed by atoms with van der Waals surface area (Å²) < 4.78 is 41.5. The first-order chi connectivity index (χ1) is 23.8. The fourth-order valence-electron chi connectivity index (χ4n) is 5.88. The van der Waals surface area contributed by atoms with Crippen LogP contribution in [0.2, 0.25) is 0 Å². The van der Waals surface area contributed by atoms with E-state index in [-0.39, 0.29) is 18.0 Å². The highest BCUT2D eigenvalue weighted by atomic mass is 79.9. The number of ether oxygens (including phenoxy) is 3. The molecule has 2 aliphatic heterocycles. The normalized spacial score (nSPS) is 18.2. The molecule has 2 aliphatic rings. The number of aromatic nitrogens is 2. The van der Waals surface area contributed by atoms with E-state index in [9.17, 15) is 8.78 Å². The number of anilines is 1. The number of pyridine rings is 1. The van der Waals surface area contributed by atoms with Crippen LogP contribution in [0.3, 0.4) is 0 Å². The summed E-state index contributed by atoms with van der Waals surface area (Å²) >= 11 is 5.13. The SMILES string of the molecule is Cc1ccc(C)c(-c2csc(C3CN(Cc4ccccc4)CCO3)n2)c1.FC(F)Oc1ccc(N2CCOC(c3ccc(Br)cc3)C2)nc1. The molecule has 7 rings (SSSR count). The Morgan fingerprint density at radius 3 is 2.45 bits per heavy atom. The zero-order chi connectivity index (χ0) is 34.2. The molecule has 2 aromatic heterocycles. The molecule has 256 valence electrons. The van der Waals surface area contributed by atoms with Gasteiger partial charge in [-0.25, -0.2) is 9.97 Å². The molecule has 0 radical (unpaired) electrons. The standard InChI is InChI=1S/C22H24N2OS.C16H15BrF2N2O2/c1-16-8-9-17(2)19(12-16)20-15-26-22(23-20)21-14-24(10-11-25-21)13-18-6-4-3-5-7-18;17-12-3-1-11(2-4-12)14-10-21(7-8-22-14)15-6-5-13(9-20-15)23-16(18)19/h3-9,12,15,21H,10-11,13-14H2,1-2H3;1-6,9,14,16H,7-8,10H2. The van der Waals surface area contributed by atoms with Crippen molar-refractivity contribution >= 4 is 33.1 Å². The van der Waals surface area contributed by atoms with Gasteiger partial charge in [0.1, 0.15) is 28.8 Å². The number of rotatable bonds is 8. The highest BCUT2D eigenvalue weighted by molar-refractivity contribution is 9.10. The number of benzene rings is 3. The summed E-state index contributed by atoms with van der Waals surface area (Å²) in [6, 6.07) is 28.4. The van der Waals surface area contributed by atoms with Gasteiger partial charge < -0.3 is 19.1 Å². The lowest BCUT2D eigenvalue weighted by atomic mass is 10.0. The van der Waals surface area contributed by atoms with Crippen molar-refractivity contribution in [3.8, 4) is 17.0 Å². The highest BCUT2D eigenvalue weighted by Gasteiger charge is 2.25. The maximum Gasteiger partial charge on any atom is 0.387 e. The first kappa shape index (κ1) is 35.1. The van der Waals surface area contributed by atoms with Crippen molar-refractivity contribution in [2.24, 2.45) is 0 Å². The van der Waals surface area contributed by atoms with Gasteiger partial charge in [0.25, 0.3) is 0 Å². The lowest BCUT2D eigenvalue weighted by molar-refractivity contribution is -0.0500. The van der Waals surface area contributed by atoms with Gasteiger partial charge in [0, 0.05) is 48.1 Å². The van der Waals surface area contributed by atoms with Gasteiger partial charge in [0.15, 0.2) is 0 Å². The van der Waals surface area contributed by atoms with Crippen LogP contribution in [0.25, 0.3) is 11.3 Å². The summed E-state index contributed by atoms with van der Waals surface area (Å²) in [5.41, 5.74) is 7.27. The summed E-state index contributed by atoms with van der Waals surface area (Å²) in [7, 11) is 0. The van der Waals surface area contributed by atoms with Crippen LogP contribution in [0.1, 0.15) is 39.5 Å². The molecule has 2 fully saturated rings. The predicted molar refractivity (Wildman–Crippen MR) is 193 cm³/mol. The van der Waals surface area contributed by atoms with Crippen LogP contribution < -0.4 is 9.64 Å². The maximum atomic E-state index is 12.2. The molecule has 0 N–H and O–H groups in total. The summed E-state index contributed by atoms with van der Waals surface area (Å²) in [6.45, 7) is 6.97. The largest absolute Gasteiger partial charge is 0.433 e. The van der Waals surface area contributed by atoms with E-state index in [0.29, 0.717) is 19.7 Å². The number of thiazole rings is 1. The monoisotopic (exact) mass is 748 g/mol. The second kappa shape index (κ2) is 16.8. The Hall–Kier alpha value is -3.74. The molecule has 0 aliphatic carbocycles. The van der Waals surface area contributed by atoms with Gasteiger partial charge in [0.2, 0.25) is 0 Å². The van der Waals surface area contributed by atoms with Crippen molar-refractivity contribution in [1.29, 1.82) is 0 Å². The summed E-state index contributed by atoms with van der Waals surface area (Å²) in [6.07, 6.45) is 1.33. The molecule has 0 amide bonds. The van der Waals surface area contributed by atoms with E-state index in [1.165, 1.54) is 34.5 Å². The van der Waals surface area contributed by atoms with Gasteiger partial charge in [0.05, 0.1) is 25.1 Å². The number of hydrogen-bond acceptors (Lipinski definition) is 8. The average molecular weight is 750 g/mol. The third kappa shape index (κ3) is 9.70. The van der Waals surface area contributed by atoms with E-state index in [0.717, 1.165) is 52.8 Å². The first-order valence-electron chi connectivity index (χ1n) is 16.2. The minimum Gasteiger partial charge on any atom is -0.433 e. The number of aryl methyl sites for hydroxylation is 2. The van der Waals surface area contributed by atoms with Crippen molar-refractivity contribution in [3.05, 3.63) is 128 Å².